The van der Waals surface area contributed by atoms with E-state index in [-0.39, 0.29) is 0 Å². The van der Waals surface area contributed by atoms with Gasteiger partial charge in [-0.15, -0.1) is 0 Å². The highest BCUT2D eigenvalue weighted by Crippen LogP contribution is 2.33. The van der Waals surface area contributed by atoms with Crippen LogP contribution in [0.25, 0.3) is 0 Å². The summed E-state index contributed by atoms with van der Waals surface area (Å²) in [7, 11) is 0. The zero-order chi connectivity index (χ0) is 9.99. The lowest BCUT2D eigenvalue weighted by molar-refractivity contribution is -0.283. The molecule has 0 saturated heterocycles. The third-order valence-electron chi connectivity index (χ3n) is 0.666. The third-order valence-corrected chi connectivity index (χ3v) is 0.666. The fourth-order valence-corrected chi connectivity index (χ4v) is 0.431. The first kappa shape index (κ1) is 11.1. The number of halogens is 6. The van der Waals surface area contributed by atoms with Crippen molar-refractivity contribution in [2.45, 2.75) is 18.7 Å². The van der Waals surface area contributed by atoms with Crippen LogP contribution in [0.3, 0.4) is 0 Å². The molecule has 0 heterocycles. The van der Waals surface area contributed by atoms with E-state index in [4.69, 9.17) is 0 Å². The van der Waals surface area contributed by atoms with Crippen LogP contribution in [0.2, 0.25) is 0 Å². The first-order valence-electron chi connectivity index (χ1n) is 2.60. The molecular weight excluding hydrogens is 190 g/mol. The summed E-state index contributed by atoms with van der Waals surface area (Å²) < 4.78 is 72.1. The molecule has 1 nitrogen and oxygen atoms in total. The van der Waals surface area contributed by atoms with Crippen LogP contribution in [-0.2, 0) is 4.74 Å². The Balaban J connectivity index is 4.13. The average Bonchev–Trinajstić information content (AvgIpc) is 1.48. The molecule has 0 aromatic rings. The summed E-state index contributed by atoms with van der Waals surface area (Å²) in [5, 5.41) is 0. The van der Waals surface area contributed by atoms with E-state index >= 15 is 0 Å². The van der Waals surface area contributed by atoms with E-state index in [1.54, 1.807) is 0 Å². The quantitative estimate of drug-likeness (QED) is 0.495. The van der Waals surface area contributed by atoms with Crippen molar-refractivity contribution in [3.8, 4) is 0 Å². The molecule has 0 aliphatic rings. The summed E-state index contributed by atoms with van der Waals surface area (Å²) in [5.74, 6) is 0. The van der Waals surface area contributed by atoms with Crippen molar-refractivity contribution in [1.29, 1.82) is 0 Å². The second kappa shape index (κ2) is 3.24. The van der Waals surface area contributed by atoms with Crippen LogP contribution in [0.5, 0.6) is 0 Å². The fourth-order valence-electron chi connectivity index (χ4n) is 0.431. The Morgan fingerprint density at radius 1 is 1.17 bits per heavy atom. The van der Waals surface area contributed by atoms with Crippen LogP contribution in [0.4, 0.5) is 26.3 Å². The van der Waals surface area contributed by atoms with Crippen molar-refractivity contribution in [3.63, 3.8) is 0 Å². The van der Waals surface area contributed by atoms with Gasteiger partial charge in [0.1, 0.15) is 6.42 Å². The molecule has 0 spiro atoms. The van der Waals surface area contributed by atoms with E-state index in [0.717, 1.165) is 0 Å². The van der Waals surface area contributed by atoms with Crippen LogP contribution in [-0.4, -0.2) is 12.3 Å². The maximum Gasteiger partial charge on any atom is 0.408 e. The van der Waals surface area contributed by atoms with Gasteiger partial charge in [0.05, 0.1) is 0 Å². The Hall–Kier alpha value is -0.880. The highest BCUT2D eigenvalue weighted by molar-refractivity contribution is 4.70. The number of rotatable bonds is 3. The second-order valence-electron chi connectivity index (χ2n) is 1.89. The third kappa shape index (κ3) is 5.87. The molecule has 0 rings (SSSR count). The van der Waals surface area contributed by atoms with Gasteiger partial charge in [-0.1, -0.05) is 0 Å². The van der Waals surface area contributed by atoms with Gasteiger partial charge in [-0.25, -0.2) is 0 Å². The highest BCUT2D eigenvalue weighted by Gasteiger charge is 2.46. The van der Waals surface area contributed by atoms with E-state index in [9.17, 15) is 26.3 Å². The van der Waals surface area contributed by atoms with Gasteiger partial charge in [-0.05, 0) is 6.58 Å². The van der Waals surface area contributed by atoms with Gasteiger partial charge in [-0.2, -0.15) is 26.3 Å². The Morgan fingerprint density at radius 2 is 1.58 bits per heavy atom. The minimum absolute atomic E-state index is 1.95. The monoisotopic (exact) mass is 194 g/mol. The van der Waals surface area contributed by atoms with Crippen LogP contribution in [0.1, 0.15) is 6.42 Å². The lowest BCUT2D eigenvalue weighted by Gasteiger charge is -2.17. The minimum atomic E-state index is -5.11. The molecule has 0 radical (unpaired) electrons. The van der Waals surface area contributed by atoms with Gasteiger partial charge in [0, 0.05) is 0 Å². The Morgan fingerprint density at radius 3 is 1.83 bits per heavy atom. The molecule has 0 saturated carbocycles. The first-order valence-corrected chi connectivity index (χ1v) is 2.60. The molecule has 12 heavy (non-hydrogen) atoms. The van der Waals surface area contributed by atoms with Crippen molar-refractivity contribution in [3.05, 3.63) is 12.6 Å². The van der Waals surface area contributed by atoms with E-state index in [0.29, 0.717) is 0 Å². The van der Waals surface area contributed by atoms with Crippen molar-refractivity contribution in [1.82, 2.24) is 0 Å². The number of hydrogen-bond acceptors (Lipinski definition) is 1. The lowest BCUT2D eigenvalue weighted by Crippen LogP contribution is -2.27. The molecule has 0 aliphatic heterocycles. The van der Waals surface area contributed by atoms with Crippen LogP contribution in [0, 0.1) is 0 Å². The summed E-state index contributed by atoms with van der Waals surface area (Å²) in [6.07, 6.45) is -12.2. The molecule has 0 amide bonds. The molecule has 0 aromatic carbocycles. The molecule has 72 valence electrons. The molecule has 0 N–H and O–H groups in total. The zero-order valence-corrected chi connectivity index (χ0v) is 5.59. The smallest absolute Gasteiger partial charge is 0.406 e. The van der Waals surface area contributed by atoms with Crippen LogP contribution < -0.4 is 0 Å². The Bertz CT molecular complexity index is 171. The summed E-state index contributed by atoms with van der Waals surface area (Å²) in [6, 6.07) is -1.95. The first-order chi connectivity index (χ1) is 5.12. The fraction of sp³-hybridized carbons (Fsp3) is 0.600. The van der Waals surface area contributed by atoms with E-state index in [2.05, 4.69) is 11.3 Å². The summed E-state index contributed by atoms with van der Waals surface area (Å²) in [4.78, 5) is 0. The van der Waals surface area contributed by atoms with Crippen molar-refractivity contribution in [2.24, 2.45) is 0 Å². The van der Waals surface area contributed by atoms with E-state index < -0.39 is 24.7 Å². The molecule has 0 bridgehead atoms. The second-order valence-corrected chi connectivity index (χ2v) is 1.89. The number of hydrogen-bond donors (Lipinski definition) is 0. The molecular formula is C5H4F6O. The minimum Gasteiger partial charge on any atom is -0.406 e. The van der Waals surface area contributed by atoms with Crippen molar-refractivity contribution >= 4 is 0 Å². The Labute approximate surface area is 63.6 Å². The molecule has 0 aromatic heterocycles. The summed E-state index contributed by atoms with van der Waals surface area (Å²) in [6.45, 7) is 2.23. The average molecular weight is 194 g/mol. The maximum absolute atomic E-state index is 11.9. The standard InChI is InChI=1S/C5H4F6O/c1-3(6)12-5(10,11)2-4(7,8)9/h1-2H2. The van der Waals surface area contributed by atoms with Gasteiger partial charge in [0.2, 0.25) is 0 Å². The van der Waals surface area contributed by atoms with E-state index in [1.165, 1.54) is 0 Å². The maximum atomic E-state index is 11.9. The molecule has 7 heteroatoms. The Kier molecular flexibility index (Phi) is 3.00. The van der Waals surface area contributed by atoms with Gasteiger partial charge < -0.3 is 4.74 Å². The predicted octanol–water partition coefficient (Wildman–Crippen LogP) is 2.99. The van der Waals surface area contributed by atoms with Crippen LogP contribution >= 0.6 is 0 Å². The van der Waals surface area contributed by atoms with Gasteiger partial charge in [0.15, 0.2) is 0 Å². The zero-order valence-electron chi connectivity index (χ0n) is 5.59. The molecule has 0 fully saturated rings. The van der Waals surface area contributed by atoms with E-state index in [1.807, 2.05) is 0 Å². The summed E-state index contributed by atoms with van der Waals surface area (Å²) >= 11 is 0. The number of alkyl halides is 5. The van der Waals surface area contributed by atoms with Gasteiger partial charge in [-0.3, -0.25) is 0 Å². The summed E-state index contributed by atoms with van der Waals surface area (Å²) in [5.41, 5.74) is 0. The van der Waals surface area contributed by atoms with Crippen LogP contribution in [0.15, 0.2) is 12.6 Å². The van der Waals surface area contributed by atoms with Gasteiger partial charge in [0.25, 0.3) is 6.01 Å². The van der Waals surface area contributed by atoms with Crippen molar-refractivity contribution < 1.29 is 31.1 Å². The van der Waals surface area contributed by atoms with Gasteiger partial charge >= 0.3 is 12.3 Å². The lowest BCUT2D eigenvalue weighted by atomic mass is 10.4. The topological polar surface area (TPSA) is 9.23 Å². The SMILES string of the molecule is C=C(F)OC(F)(F)CC(F)(F)F. The molecule has 0 aliphatic carbocycles. The largest absolute Gasteiger partial charge is 0.408 e. The molecule has 0 unspecified atom stereocenters. The number of ether oxygens (including phenoxy) is 1. The molecule has 0 atom stereocenters. The normalized spacial score (nSPS) is 12.8. The highest BCUT2D eigenvalue weighted by atomic mass is 19.4. The van der Waals surface area contributed by atoms with Crippen molar-refractivity contribution in [2.75, 3.05) is 0 Å². The predicted molar refractivity (Wildman–Crippen MR) is 27.0 cm³/mol.